The van der Waals surface area contributed by atoms with Crippen LogP contribution >= 0.6 is 0 Å². The zero-order valence-electron chi connectivity index (χ0n) is 9.60. The number of nitrogens with one attached hydrogen (secondary N) is 1. The van der Waals surface area contributed by atoms with Gasteiger partial charge >= 0.3 is 0 Å². The van der Waals surface area contributed by atoms with Crippen LogP contribution in [0.3, 0.4) is 0 Å². The van der Waals surface area contributed by atoms with E-state index in [0.29, 0.717) is 11.0 Å². The van der Waals surface area contributed by atoms with E-state index < -0.39 is 0 Å². The third kappa shape index (κ3) is 0.743. The van der Waals surface area contributed by atoms with Crippen LogP contribution in [0.15, 0.2) is 0 Å². The maximum absolute atomic E-state index is 3.76. The molecule has 2 bridgehead atoms. The van der Waals surface area contributed by atoms with E-state index in [1.54, 1.807) is 0 Å². The van der Waals surface area contributed by atoms with Gasteiger partial charge < -0.3 is 5.32 Å². The van der Waals surface area contributed by atoms with Crippen molar-refractivity contribution in [3.8, 4) is 0 Å². The van der Waals surface area contributed by atoms with E-state index >= 15 is 0 Å². The van der Waals surface area contributed by atoms with Crippen molar-refractivity contribution in [2.24, 2.45) is 17.3 Å². The quantitative estimate of drug-likeness (QED) is 0.711. The first-order chi connectivity index (χ1) is 6.79. The summed E-state index contributed by atoms with van der Waals surface area (Å²) < 4.78 is 0. The maximum atomic E-state index is 3.76. The monoisotopic (exact) mass is 193 g/mol. The first kappa shape index (κ1) is 9.21. The molecule has 1 N–H and O–H groups in total. The van der Waals surface area contributed by atoms with E-state index in [4.69, 9.17) is 0 Å². The first-order valence-electron chi connectivity index (χ1n) is 6.48. The Morgan fingerprint density at radius 2 is 2.00 bits per heavy atom. The summed E-state index contributed by atoms with van der Waals surface area (Å²) in [6.45, 7) is 2.43. The van der Waals surface area contributed by atoms with Gasteiger partial charge in [-0.25, -0.2) is 0 Å². The molecule has 3 saturated carbocycles. The highest BCUT2D eigenvalue weighted by atomic mass is 15.0. The Balaban J connectivity index is 2.06. The second-order valence-electron chi connectivity index (χ2n) is 5.79. The van der Waals surface area contributed by atoms with Crippen LogP contribution in [0.5, 0.6) is 0 Å². The predicted molar refractivity (Wildman–Crippen MR) is 59.2 cm³/mol. The number of hydrogen-bond donors (Lipinski definition) is 1. The highest BCUT2D eigenvalue weighted by molar-refractivity contribution is 5.21. The number of hydrogen-bond acceptors (Lipinski definition) is 1. The first-order valence-corrected chi connectivity index (χ1v) is 6.48. The van der Waals surface area contributed by atoms with Gasteiger partial charge in [-0.3, -0.25) is 0 Å². The Morgan fingerprint density at radius 3 is 2.64 bits per heavy atom. The molecule has 0 amide bonds. The van der Waals surface area contributed by atoms with Crippen molar-refractivity contribution >= 4 is 0 Å². The minimum Gasteiger partial charge on any atom is -0.313 e. The summed E-state index contributed by atoms with van der Waals surface area (Å²) in [5.41, 5.74) is 1.26. The lowest BCUT2D eigenvalue weighted by molar-refractivity contribution is 0.0501. The molecule has 14 heavy (non-hydrogen) atoms. The summed E-state index contributed by atoms with van der Waals surface area (Å²) in [5.74, 6) is 2.08. The van der Waals surface area contributed by atoms with Crippen LogP contribution in [-0.4, -0.2) is 12.6 Å². The molecule has 0 saturated heterocycles. The van der Waals surface area contributed by atoms with Gasteiger partial charge in [-0.1, -0.05) is 13.3 Å². The van der Waals surface area contributed by atoms with E-state index in [1.807, 2.05) is 0 Å². The zero-order valence-corrected chi connectivity index (χ0v) is 9.60. The smallest absolute Gasteiger partial charge is 0.0265 e. The van der Waals surface area contributed by atoms with Gasteiger partial charge in [0.1, 0.15) is 0 Å². The van der Waals surface area contributed by atoms with Crippen LogP contribution in [0.4, 0.5) is 0 Å². The molecular formula is C13H23N. The number of fused-ring (bicyclic) bond motifs is 5. The van der Waals surface area contributed by atoms with Crippen molar-refractivity contribution in [1.29, 1.82) is 0 Å². The third-order valence-electron chi connectivity index (χ3n) is 6.07. The van der Waals surface area contributed by atoms with Crippen LogP contribution in [0.2, 0.25) is 0 Å². The van der Waals surface area contributed by atoms with Crippen LogP contribution in [-0.2, 0) is 0 Å². The molecule has 1 nitrogen and oxygen atoms in total. The average Bonchev–Trinajstić information content (AvgIpc) is 2.88. The summed E-state index contributed by atoms with van der Waals surface area (Å²) in [5, 5.41) is 3.76. The third-order valence-corrected chi connectivity index (χ3v) is 6.07. The molecule has 0 spiro atoms. The Kier molecular flexibility index (Phi) is 1.81. The predicted octanol–water partition coefficient (Wildman–Crippen LogP) is 2.95. The van der Waals surface area contributed by atoms with Gasteiger partial charge in [0.2, 0.25) is 0 Å². The van der Waals surface area contributed by atoms with Crippen LogP contribution < -0.4 is 5.32 Å². The Hall–Kier alpha value is -0.0400. The summed E-state index contributed by atoms with van der Waals surface area (Å²) in [7, 11) is 2.22. The van der Waals surface area contributed by atoms with Gasteiger partial charge in [-0.05, 0) is 62.8 Å². The van der Waals surface area contributed by atoms with E-state index in [9.17, 15) is 0 Å². The van der Waals surface area contributed by atoms with Gasteiger partial charge in [0, 0.05) is 5.54 Å². The molecule has 0 aromatic heterocycles. The molecule has 4 atom stereocenters. The normalized spacial score (nSPS) is 55.3. The summed E-state index contributed by atoms with van der Waals surface area (Å²) in [6, 6.07) is 0. The van der Waals surface area contributed by atoms with Crippen LogP contribution in [0.25, 0.3) is 0 Å². The Morgan fingerprint density at radius 1 is 1.21 bits per heavy atom. The lowest BCUT2D eigenvalue weighted by Gasteiger charge is -2.49. The van der Waals surface area contributed by atoms with Crippen LogP contribution in [0, 0.1) is 17.3 Å². The second kappa shape index (κ2) is 2.75. The summed E-state index contributed by atoms with van der Waals surface area (Å²) in [6.07, 6.45) is 10.4. The molecular weight excluding hydrogens is 170 g/mol. The van der Waals surface area contributed by atoms with Gasteiger partial charge in [-0.2, -0.15) is 0 Å². The lowest BCUT2D eigenvalue weighted by Crippen LogP contribution is -2.57. The van der Waals surface area contributed by atoms with Crippen molar-refractivity contribution < 1.29 is 0 Å². The van der Waals surface area contributed by atoms with Crippen molar-refractivity contribution in [3.63, 3.8) is 0 Å². The zero-order chi connectivity index (χ0) is 9.81. The molecule has 3 rings (SSSR count). The molecule has 0 unspecified atom stereocenters. The highest BCUT2D eigenvalue weighted by Gasteiger charge is 2.67. The fourth-order valence-corrected chi connectivity index (χ4v) is 5.62. The molecule has 3 aliphatic rings. The lowest BCUT2D eigenvalue weighted by atomic mass is 9.61. The van der Waals surface area contributed by atoms with E-state index in [1.165, 1.54) is 44.9 Å². The fraction of sp³-hybridized carbons (Fsp3) is 1.00. The van der Waals surface area contributed by atoms with Gasteiger partial charge in [-0.15, -0.1) is 0 Å². The second-order valence-corrected chi connectivity index (χ2v) is 5.79. The molecule has 0 aromatic carbocycles. The SMILES string of the molecule is CC[C@]12CCC[C@@]1(NC)[C@@H]1CC[C@@H]2C1. The standard InChI is InChI=1S/C13H23N/c1-3-12-7-4-8-13(12,14-2)11-6-5-10(12)9-11/h10-11,14H,3-9H2,1-2H3/t10-,11-,12-,13-/m1/s1. The molecule has 0 heterocycles. The summed E-state index contributed by atoms with van der Waals surface area (Å²) in [4.78, 5) is 0. The van der Waals surface area contributed by atoms with Gasteiger partial charge in [0.05, 0.1) is 0 Å². The molecule has 0 aromatic rings. The molecule has 0 radical (unpaired) electrons. The van der Waals surface area contributed by atoms with Crippen molar-refractivity contribution in [1.82, 2.24) is 5.32 Å². The van der Waals surface area contributed by atoms with E-state index in [-0.39, 0.29) is 0 Å². The van der Waals surface area contributed by atoms with Gasteiger partial charge in [0.25, 0.3) is 0 Å². The molecule has 3 fully saturated rings. The summed E-state index contributed by atoms with van der Waals surface area (Å²) >= 11 is 0. The highest BCUT2D eigenvalue weighted by Crippen LogP contribution is 2.69. The average molecular weight is 193 g/mol. The van der Waals surface area contributed by atoms with E-state index in [0.717, 1.165) is 11.8 Å². The van der Waals surface area contributed by atoms with Crippen molar-refractivity contribution in [2.75, 3.05) is 7.05 Å². The van der Waals surface area contributed by atoms with Crippen molar-refractivity contribution in [3.05, 3.63) is 0 Å². The molecule has 1 heteroatoms. The Labute approximate surface area is 87.7 Å². The van der Waals surface area contributed by atoms with E-state index in [2.05, 4.69) is 19.3 Å². The van der Waals surface area contributed by atoms with Gasteiger partial charge in [0.15, 0.2) is 0 Å². The molecule has 0 aliphatic heterocycles. The Bertz CT molecular complexity index is 226. The molecule has 80 valence electrons. The molecule has 3 aliphatic carbocycles. The minimum absolute atomic E-state index is 0.560. The topological polar surface area (TPSA) is 12.0 Å². The van der Waals surface area contributed by atoms with Crippen molar-refractivity contribution in [2.45, 2.75) is 57.4 Å². The number of rotatable bonds is 2. The maximum Gasteiger partial charge on any atom is 0.0265 e. The minimum atomic E-state index is 0.560. The largest absolute Gasteiger partial charge is 0.313 e. The fourth-order valence-electron chi connectivity index (χ4n) is 5.62. The van der Waals surface area contributed by atoms with Crippen LogP contribution in [0.1, 0.15) is 51.9 Å².